The van der Waals surface area contributed by atoms with Gasteiger partial charge in [0.2, 0.25) is 10.0 Å². The Labute approximate surface area is 112 Å². The highest BCUT2D eigenvalue weighted by Crippen LogP contribution is 2.17. The van der Waals surface area contributed by atoms with Crippen LogP contribution in [0, 0.1) is 0 Å². The lowest BCUT2D eigenvalue weighted by Gasteiger charge is -2.14. The standard InChI is InChI=1S/C9H16N4O4S2/c1-7(6-18(2,14)15)13-19(16,17)8-4-3-5-11-9(8)12-10/h3-5,7,13H,6,10H2,1-2H3,(H,11,12). The molecular formula is C9H16N4O4S2. The van der Waals surface area contributed by atoms with E-state index in [0.717, 1.165) is 6.26 Å². The average molecular weight is 308 g/mol. The molecule has 10 heteroatoms. The van der Waals surface area contributed by atoms with Gasteiger partial charge in [0.15, 0.2) is 5.82 Å². The molecule has 0 aliphatic rings. The zero-order valence-corrected chi connectivity index (χ0v) is 12.1. The van der Waals surface area contributed by atoms with Gasteiger partial charge in [-0.1, -0.05) is 0 Å². The zero-order chi connectivity index (χ0) is 14.7. The van der Waals surface area contributed by atoms with Crippen LogP contribution in [0.2, 0.25) is 0 Å². The maximum absolute atomic E-state index is 12.1. The molecule has 108 valence electrons. The van der Waals surface area contributed by atoms with E-state index in [1.165, 1.54) is 25.3 Å². The first kappa shape index (κ1) is 15.8. The summed E-state index contributed by atoms with van der Waals surface area (Å²) in [6.07, 6.45) is 2.42. The number of nitrogen functional groups attached to an aromatic ring is 1. The van der Waals surface area contributed by atoms with E-state index in [4.69, 9.17) is 5.84 Å². The SMILES string of the molecule is CC(CS(C)(=O)=O)NS(=O)(=O)c1cccnc1NN. The predicted molar refractivity (Wildman–Crippen MR) is 71.5 cm³/mol. The average Bonchev–Trinajstić information content (AvgIpc) is 2.25. The number of hydrogen-bond donors (Lipinski definition) is 3. The molecule has 1 aromatic rings. The maximum atomic E-state index is 12.1. The van der Waals surface area contributed by atoms with Crippen molar-refractivity contribution in [1.29, 1.82) is 0 Å². The highest BCUT2D eigenvalue weighted by atomic mass is 32.2. The summed E-state index contributed by atoms with van der Waals surface area (Å²) in [6.45, 7) is 1.46. The van der Waals surface area contributed by atoms with Crippen LogP contribution >= 0.6 is 0 Å². The second-order valence-corrected chi connectivity index (χ2v) is 7.98. The fourth-order valence-electron chi connectivity index (χ4n) is 1.53. The molecule has 8 nitrogen and oxygen atoms in total. The van der Waals surface area contributed by atoms with E-state index in [2.05, 4.69) is 15.1 Å². The van der Waals surface area contributed by atoms with Crippen molar-refractivity contribution in [3.8, 4) is 0 Å². The largest absolute Gasteiger partial charge is 0.307 e. The Balaban J connectivity index is 2.99. The van der Waals surface area contributed by atoms with Gasteiger partial charge in [-0.3, -0.25) is 0 Å². The molecule has 1 rings (SSSR count). The molecule has 0 radical (unpaired) electrons. The summed E-state index contributed by atoms with van der Waals surface area (Å²) in [5, 5.41) is 0. The van der Waals surface area contributed by atoms with E-state index >= 15 is 0 Å². The first-order valence-electron chi connectivity index (χ1n) is 5.27. The molecule has 0 bridgehead atoms. The highest BCUT2D eigenvalue weighted by molar-refractivity contribution is 7.91. The number of aromatic nitrogens is 1. The topological polar surface area (TPSA) is 131 Å². The molecule has 1 heterocycles. The molecule has 0 saturated heterocycles. The molecule has 0 aromatic carbocycles. The monoisotopic (exact) mass is 308 g/mol. The van der Waals surface area contributed by atoms with Gasteiger partial charge in [-0.2, -0.15) is 0 Å². The lowest BCUT2D eigenvalue weighted by molar-refractivity contribution is 0.564. The minimum Gasteiger partial charge on any atom is -0.307 e. The van der Waals surface area contributed by atoms with E-state index in [1.54, 1.807) is 0 Å². The number of nitrogens with one attached hydrogen (secondary N) is 2. The fraction of sp³-hybridized carbons (Fsp3) is 0.444. The van der Waals surface area contributed by atoms with Crippen molar-refractivity contribution in [3.63, 3.8) is 0 Å². The van der Waals surface area contributed by atoms with Crippen LogP contribution in [0.4, 0.5) is 5.82 Å². The molecule has 0 spiro atoms. The van der Waals surface area contributed by atoms with Gasteiger partial charge in [-0.15, -0.1) is 0 Å². The van der Waals surface area contributed by atoms with Gasteiger partial charge in [-0.25, -0.2) is 32.4 Å². The number of sulfone groups is 1. The fourth-order valence-corrected chi connectivity index (χ4v) is 3.99. The lowest BCUT2D eigenvalue weighted by atomic mass is 10.4. The Morgan fingerprint density at radius 2 is 2.00 bits per heavy atom. The third-order valence-electron chi connectivity index (χ3n) is 2.11. The summed E-state index contributed by atoms with van der Waals surface area (Å²) in [7, 11) is -7.17. The summed E-state index contributed by atoms with van der Waals surface area (Å²) in [5.41, 5.74) is 2.17. The molecule has 0 amide bonds. The molecule has 1 atom stereocenters. The second kappa shape index (κ2) is 5.82. The number of nitrogens with zero attached hydrogens (tertiary/aromatic N) is 1. The summed E-state index contributed by atoms with van der Waals surface area (Å²) in [6, 6.07) is 2.00. The molecular weight excluding hydrogens is 292 g/mol. The number of sulfonamides is 1. The lowest BCUT2D eigenvalue weighted by Crippen LogP contribution is -2.37. The van der Waals surface area contributed by atoms with Crippen molar-refractivity contribution < 1.29 is 16.8 Å². The Morgan fingerprint density at radius 1 is 1.37 bits per heavy atom. The van der Waals surface area contributed by atoms with E-state index < -0.39 is 25.9 Å². The minimum atomic E-state index is -3.89. The van der Waals surface area contributed by atoms with Gasteiger partial charge >= 0.3 is 0 Å². The van der Waals surface area contributed by atoms with Crippen LogP contribution in [0.25, 0.3) is 0 Å². The number of anilines is 1. The summed E-state index contributed by atoms with van der Waals surface area (Å²) >= 11 is 0. The van der Waals surface area contributed by atoms with Crippen molar-refractivity contribution in [2.24, 2.45) is 5.84 Å². The van der Waals surface area contributed by atoms with Crippen molar-refractivity contribution in [1.82, 2.24) is 9.71 Å². The Morgan fingerprint density at radius 3 is 2.53 bits per heavy atom. The van der Waals surface area contributed by atoms with Crippen molar-refractivity contribution in [2.75, 3.05) is 17.4 Å². The van der Waals surface area contributed by atoms with Gasteiger partial charge < -0.3 is 5.43 Å². The number of hydrogen-bond acceptors (Lipinski definition) is 7. The number of hydrazine groups is 1. The minimum absolute atomic E-state index is 0.0124. The van der Waals surface area contributed by atoms with E-state index in [9.17, 15) is 16.8 Å². The van der Waals surface area contributed by atoms with Crippen molar-refractivity contribution in [3.05, 3.63) is 18.3 Å². The maximum Gasteiger partial charge on any atom is 0.244 e. The van der Waals surface area contributed by atoms with E-state index in [0.29, 0.717) is 0 Å². The van der Waals surface area contributed by atoms with Crippen LogP contribution in [0.15, 0.2) is 23.2 Å². The smallest absolute Gasteiger partial charge is 0.244 e. The Kier molecular flexibility index (Phi) is 4.85. The molecule has 4 N–H and O–H groups in total. The third kappa shape index (κ3) is 4.74. The van der Waals surface area contributed by atoms with E-state index in [1.807, 2.05) is 0 Å². The summed E-state index contributed by atoms with van der Waals surface area (Å²) in [5.74, 6) is 4.87. The number of pyridine rings is 1. The van der Waals surface area contributed by atoms with Gasteiger partial charge in [0.05, 0.1) is 5.75 Å². The quantitative estimate of drug-likeness (QED) is 0.457. The molecule has 0 fully saturated rings. The van der Waals surface area contributed by atoms with Gasteiger partial charge in [0.25, 0.3) is 0 Å². The second-order valence-electron chi connectivity index (χ2n) is 4.11. The zero-order valence-electron chi connectivity index (χ0n) is 10.5. The summed E-state index contributed by atoms with van der Waals surface area (Å²) < 4.78 is 48.6. The van der Waals surface area contributed by atoms with Gasteiger partial charge in [-0.05, 0) is 19.1 Å². The Bertz CT molecular complexity index is 642. The highest BCUT2D eigenvalue weighted by Gasteiger charge is 2.23. The Hall–Kier alpha value is -1.23. The predicted octanol–water partition coefficient (Wildman–Crippen LogP) is -0.921. The van der Waals surface area contributed by atoms with Crippen LogP contribution in [0.1, 0.15) is 6.92 Å². The molecule has 0 aliphatic carbocycles. The normalized spacial score (nSPS) is 14.1. The first-order valence-corrected chi connectivity index (χ1v) is 8.82. The van der Waals surface area contributed by atoms with Crippen LogP contribution in [0.3, 0.4) is 0 Å². The van der Waals surface area contributed by atoms with Crippen molar-refractivity contribution in [2.45, 2.75) is 17.9 Å². The number of rotatable bonds is 6. The van der Waals surface area contributed by atoms with Gasteiger partial charge in [0, 0.05) is 18.5 Å². The molecule has 0 saturated carbocycles. The van der Waals surface area contributed by atoms with E-state index in [-0.39, 0.29) is 16.5 Å². The summed E-state index contributed by atoms with van der Waals surface area (Å²) in [4.78, 5) is 3.63. The number of nitrogens with two attached hydrogens (primary N) is 1. The van der Waals surface area contributed by atoms with Gasteiger partial charge in [0.1, 0.15) is 14.7 Å². The molecule has 0 aliphatic heterocycles. The molecule has 19 heavy (non-hydrogen) atoms. The van der Waals surface area contributed by atoms with Crippen LogP contribution < -0.4 is 16.0 Å². The molecule has 1 aromatic heterocycles. The van der Waals surface area contributed by atoms with Crippen LogP contribution in [-0.4, -0.2) is 39.9 Å². The van der Waals surface area contributed by atoms with Crippen LogP contribution in [0.5, 0.6) is 0 Å². The molecule has 1 unspecified atom stereocenters. The van der Waals surface area contributed by atoms with Crippen molar-refractivity contribution >= 4 is 25.7 Å². The first-order chi connectivity index (χ1) is 8.65. The van der Waals surface area contributed by atoms with Crippen LogP contribution in [-0.2, 0) is 19.9 Å². The third-order valence-corrected chi connectivity index (χ3v) is 4.83.